The highest BCUT2D eigenvalue weighted by atomic mass is 16.5. The summed E-state index contributed by atoms with van der Waals surface area (Å²) in [6, 6.07) is 13.1. The predicted molar refractivity (Wildman–Crippen MR) is 124 cm³/mol. The molecule has 0 aliphatic carbocycles. The van der Waals surface area contributed by atoms with Crippen LogP contribution >= 0.6 is 0 Å². The van der Waals surface area contributed by atoms with E-state index in [1.54, 1.807) is 6.92 Å². The number of benzene rings is 2. The van der Waals surface area contributed by atoms with Gasteiger partial charge in [-0.25, -0.2) is 4.79 Å². The standard InChI is InChI=1S/C25H31N3O4/c1-3-32-23(29)13-14-26-25(31)27-16-20-12-11-19(15-17(20)2)24(30)22-10-6-8-18-7-4-5-9-21(18)28-22/h4-5,7,9,11-12,15,22,28H,3,6,8,10,13-14,16H2,1-2H3,(H2,26,27,31). The van der Waals surface area contributed by atoms with Gasteiger partial charge in [0.05, 0.1) is 19.1 Å². The molecule has 0 fully saturated rings. The molecule has 2 amide bonds. The van der Waals surface area contributed by atoms with Crippen LogP contribution in [-0.4, -0.2) is 37.0 Å². The van der Waals surface area contributed by atoms with Crippen LogP contribution in [-0.2, 0) is 22.5 Å². The second-order valence-electron chi connectivity index (χ2n) is 7.92. The number of hydrogen-bond acceptors (Lipinski definition) is 5. The Kier molecular flexibility index (Phi) is 8.25. The van der Waals surface area contributed by atoms with E-state index in [4.69, 9.17) is 4.74 Å². The maximum absolute atomic E-state index is 13.1. The van der Waals surface area contributed by atoms with Crippen molar-refractivity contribution in [2.45, 2.75) is 52.1 Å². The second kappa shape index (κ2) is 11.3. The van der Waals surface area contributed by atoms with Crippen LogP contribution in [0.25, 0.3) is 0 Å². The minimum Gasteiger partial charge on any atom is -0.466 e. The number of fused-ring (bicyclic) bond motifs is 1. The molecule has 0 bridgehead atoms. The fraction of sp³-hybridized carbons (Fsp3) is 0.400. The number of hydrogen-bond donors (Lipinski definition) is 3. The van der Waals surface area contributed by atoms with Crippen LogP contribution in [0.2, 0.25) is 0 Å². The number of ether oxygens (including phenoxy) is 1. The lowest BCUT2D eigenvalue weighted by molar-refractivity contribution is -0.142. The number of nitrogens with one attached hydrogen (secondary N) is 3. The Morgan fingerprint density at radius 2 is 1.94 bits per heavy atom. The molecule has 2 aromatic carbocycles. The molecular formula is C25H31N3O4. The minimum atomic E-state index is -0.352. The molecule has 1 atom stereocenters. The second-order valence-corrected chi connectivity index (χ2v) is 7.92. The van der Waals surface area contributed by atoms with Gasteiger partial charge in [-0.15, -0.1) is 0 Å². The summed E-state index contributed by atoms with van der Waals surface area (Å²) in [5, 5.41) is 8.83. The summed E-state index contributed by atoms with van der Waals surface area (Å²) in [4.78, 5) is 36.4. The van der Waals surface area contributed by atoms with E-state index in [2.05, 4.69) is 22.0 Å². The highest BCUT2D eigenvalue weighted by molar-refractivity contribution is 6.02. The van der Waals surface area contributed by atoms with Gasteiger partial charge >= 0.3 is 12.0 Å². The largest absolute Gasteiger partial charge is 0.466 e. The molecule has 0 aromatic heterocycles. The zero-order valence-electron chi connectivity index (χ0n) is 18.7. The molecule has 7 heteroatoms. The molecule has 32 heavy (non-hydrogen) atoms. The molecule has 0 saturated carbocycles. The third kappa shape index (κ3) is 6.33. The SMILES string of the molecule is CCOC(=O)CCNC(=O)NCc1ccc(C(=O)C2CCCc3ccccc3N2)cc1C. The third-order valence-electron chi connectivity index (χ3n) is 5.59. The topological polar surface area (TPSA) is 96.5 Å². The fourth-order valence-electron chi connectivity index (χ4n) is 3.83. The summed E-state index contributed by atoms with van der Waals surface area (Å²) in [7, 11) is 0. The Bertz CT molecular complexity index is 973. The first-order chi connectivity index (χ1) is 15.5. The van der Waals surface area contributed by atoms with Crippen molar-refractivity contribution in [1.29, 1.82) is 0 Å². The first-order valence-corrected chi connectivity index (χ1v) is 11.1. The van der Waals surface area contributed by atoms with Crippen molar-refractivity contribution < 1.29 is 19.1 Å². The minimum absolute atomic E-state index is 0.0843. The zero-order chi connectivity index (χ0) is 22.9. The van der Waals surface area contributed by atoms with Crippen LogP contribution in [0.5, 0.6) is 0 Å². The Morgan fingerprint density at radius 1 is 1.12 bits per heavy atom. The number of para-hydroxylation sites is 1. The van der Waals surface area contributed by atoms with Crippen LogP contribution in [0.4, 0.5) is 10.5 Å². The van der Waals surface area contributed by atoms with Gasteiger partial charge in [0.15, 0.2) is 5.78 Å². The number of esters is 1. The lowest BCUT2D eigenvalue weighted by Gasteiger charge is -2.18. The number of anilines is 1. The number of carbonyl (C=O) groups excluding carboxylic acids is 3. The van der Waals surface area contributed by atoms with Crippen molar-refractivity contribution in [3.05, 3.63) is 64.7 Å². The van der Waals surface area contributed by atoms with Crippen LogP contribution in [0, 0.1) is 6.92 Å². The summed E-state index contributed by atoms with van der Waals surface area (Å²) in [5.41, 5.74) is 4.83. The molecule has 3 rings (SSSR count). The van der Waals surface area contributed by atoms with E-state index in [1.807, 2.05) is 43.3 Å². The van der Waals surface area contributed by atoms with E-state index < -0.39 is 0 Å². The molecule has 7 nitrogen and oxygen atoms in total. The molecule has 0 spiro atoms. The summed E-state index contributed by atoms with van der Waals surface area (Å²) >= 11 is 0. The average molecular weight is 438 g/mol. The lowest BCUT2D eigenvalue weighted by atomic mass is 9.96. The number of aryl methyl sites for hydroxylation is 2. The van der Waals surface area contributed by atoms with E-state index >= 15 is 0 Å². The number of urea groups is 1. The monoisotopic (exact) mass is 437 g/mol. The summed E-state index contributed by atoms with van der Waals surface area (Å²) < 4.78 is 4.82. The van der Waals surface area contributed by atoms with Gasteiger partial charge in [-0.05, 0) is 61.9 Å². The molecule has 1 heterocycles. The third-order valence-corrected chi connectivity index (χ3v) is 5.59. The summed E-state index contributed by atoms with van der Waals surface area (Å²) in [5.74, 6) is -0.253. The molecule has 1 aliphatic heterocycles. The molecule has 1 aliphatic rings. The first kappa shape index (κ1) is 23.3. The van der Waals surface area contributed by atoms with E-state index in [0.29, 0.717) is 18.7 Å². The zero-order valence-corrected chi connectivity index (χ0v) is 18.7. The van der Waals surface area contributed by atoms with Gasteiger partial charge in [0, 0.05) is 24.3 Å². The predicted octanol–water partition coefficient (Wildman–Crippen LogP) is 3.75. The van der Waals surface area contributed by atoms with Crippen molar-refractivity contribution in [3.63, 3.8) is 0 Å². The van der Waals surface area contributed by atoms with Crippen molar-refractivity contribution in [2.24, 2.45) is 0 Å². The van der Waals surface area contributed by atoms with Crippen molar-refractivity contribution in [3.8, 4) is 0 Å². The molecular weight excluding hydrogens is 406 g/mol. The van der Waals surface area contributed by atoms with Gasteiger partial charge in [-0.2, -0.15) is 0 Å². The van der Waals surface area contributed by atoms with Gasteiger partial charge in [0.2, 0.25) is 0 Å². The lowest BCUT2D eigenvalue weighted by Crippen LogP contribution is -2.36. The Hall–Kier alpha value is -3.35. The van der Waals surface area contributed by atoms with Crippen molar-refractivity contribution in [2.75, 3.05) is 18.5 Å². The number of carbonyl (C=O) groups is 3. The average Bonchev–Trinajstić information content (AvgIpc) is 3.00. The fourth-order valence-corrected chi connectivity index (χ4v) is 3.83. The molecule has 3 N–H and O–H groups in total. The van der Waals surface area contributed by atoms with Gasteiger partial charge in [-0.3, -0.25) is 9.59 Å². The molecule has 0 saturated heterocycles. The Morgan fingerprint density at radius 3 is 2.72 bits per heavy atom. The van der Waals surface area contributed by atoms with E-state index in [9.17, 15) is 14.4 Å². The summed E-state index contributed by atoms with van der Waals surface area (Å²) in [6.07, 6.45) is 2.86. The maximum Gasteiger partial charge on any atom is 0.315 e. The van der Waals surface area contributed by atoms with Crippen molar-refractivity contribution >= 4 is 23.5 Å². The highest BCUT2D eigenvalue weighted by Gasteiger charge is 2.23. The van der Waals surface area contributed by atoms with E-state index in [0.717, 1.165) is 36.1 Å². The molecule has 170 valence electrons. The van der Waals surface area contributed by atoms with E-state index in [-0.39, 0.29) is 36.8 Å². The van der Waals surface area contributed by atoms with Gasteiger partial charge in [0.25, 0.3) is 0 Å². The van der Waals surface area contributed by atoms with E-state index in [1.165, 1.54) is 5.56 Å². The van der Waals surface area contributed by atoms with Gasteiger partial charge < -0.3 is 20.7 Å². The van der Waals surface area contributed by atoms with Crippen LogP contribution in [0.1, 0.15) is 53.2 Å². The number of amides is 2. The molecule has 1 unspecified atom stereocenters. The van der Waals surface area contributed by atoms with Gasteiger partial charge in [-0.1, -0.05) is 30.3 Å². The Labute approximate surface area is 188 Å². The number of Topliss-reactive ketones (excluding diaryl/α,β-unsaturated/α-hetero) is 1. The number of ketones is 1. The smallest absolute Gasteiger partial charge is 0.315 e. The number of rotatable bonds is 8. The normalized spacial score (nSPS) is 15.0. The molecule has 0 radical (unpaired) electrons. The Balaban J connectivity index is 1.54. The van der Waals surface area contributed by atoms with Crippen molar-refractivity contribution in [1.82, 2.24) is 10.6 Å². The van der Waals surface area contributed by atoms with Gasteiger partial charge in [0.1, 0.15) is 0 Å². The quantitative estimate of drug-likeness (QED) is 0.432. The first-order valence-electron chi connectivity index (χ1n) is 11.1. The highest BCUT2D eigenvalue weighted by Crippen LogP contribution is 2.25. The molecule has 2 aromatic rings. The van der Waals surface area contributed by atoms with Crippen LogP contribution in [0.15, 0.2) is 42.5 Å². The van der Waals surface area contributed by atoms with Crippen LogP contribution in [0.3, 0.4) is 0 Å². The summed E-state index contributed by atoms with van der Waals surface area (Å²) in [6.45, 7) is 4.55. The van der Waals surface area contributed by atoms with Crippen LogP contribution < -0.4 is 16.0 Å². The maximum atomic E-state index is 13.1.